The molecule has 0 unspecified atom stereocenters. The van der Waals surface area contributed by atoms with Crippen LogP contribution in [0.2, 0.25) is 0 Å². The number of amides is 3. The second kappa shape index (κ2) is 7.77. The first-order valence-corrected chi connectivity index (χ1v) is 9.99. The number of carbonyl (C=O) groups is 3. The van der Waals surface area contributed by atoms with Gasteiger partial charge >= 0.3 is 0 Å². The lowest BCUT2D eigenvalue weighted by atomic mass is 10.1. The fraction of sp³-hybridized carbons (Fsp3) is 0.600. The van der Waals surface area contributed by atoms with Crippen LogP contribution < -0.4 is 10.1 Å². The van der Waals surface area contributed by atoms with Crippen molar-refractivity contribution in [3.05, 3.63) is 22.9 Å². The minimum atomic E-state index is -0.225. The molecule has 8 heteroatoms. The molecule has 4 rings (SSSR count). The third kappa shape index (κ3) is 3.55. The van der Waals surface area contributed by atoms with Gasteiger partial charge in [-0.1, -0.05) is 12.8 Å². The molecular weight excluding hydrogens is 360 g/mol. The zero-order valence-corrected chi connectivity index (χ0v) is 16.2. The number of ether oxygens (including phenoxy) is 1. The van der Waals surface area contributed by atoms with E-state index in [2.05, 4.69) is 10.3 Å². The number of hydrogen-bond acceptors (Lipinski definition) is 5. The molecule has 8 nitrogen and oxygen atoms in total. The van der Waals surface area contributed by atoms with Crippen LogP contribution >= 0.6 is 0 Å². The van der Waals surface area contributed by atoms with Gasteiger partial charge in [-0.2, -0.15) is 0 Å². The summed E-state index contributed by atoms with van der Waals surface area (Å²) in [6.45, 7) is 1.43. The summed E-state index contributed by atoms with van der Waals surface area (Å²) in [6.07, 6.45) is 5.74. The number of aromatic nitrogens is 1. The molecule has 1 aromatic heterocycles. The topological polar surface area (TPSA) is 91.8 Å². The van der Waals surface area contributed by atoms with Crippen LogP contribution in [0.1, 0.15) is 60.1 Å². The van der Waals surface area contributed by atoms with Crippen LogP contribution in [0.3, 0.4) is 0 Å². The van der Waals surface area contributed by atoms with Crippen molar-refractivity contribution >= 4 is 17.7 Å². The minimum absolute atomic E-state index is 0.0181. The number of rotatable bonds is 6. The highest BCUT2D eigenvalue weighted by atomic mass is 16.5. The summed E-state index contributed by atoms with van der Waals surface area (Å²) in [5.41, 5.74) is 2.02. The zero-order valence-electron chi connectivity index (χ0n) is 16.2. The van der Waals surface area contributed by atoms with Crippen molar-refractivity contribution in [1.29, 1.82) is 0 Å². The maximum atomic E-state index is 12.9. The maximum absolute atomic E-state index is 12.9. The Labute approximate surface area is 164 Å². The predicted octanol–water partition coefficient (Wildman–Crippen LogP) is 1.23. The van der Waals surface area contributed by atoms with Gasteiger partial charge in [0.15, 0.2) is 0 Å². The first-order chi connectivity index (χ1) is 13.6. The third-order valence-corrected chi connectivity index (χ3v) is 5.89. The maximum Gasteiger partial charge on any atom is 0.256 e. The number of carbonyl (C=O) groups excluding carboxylic acids is 3. The van der Waals surface area contributed by atoms with E-state index in [1.165, 1.54) is 20.0 Å². The molecule has 2 fully saturated rings. The Kier molecular flexibility index (Phi) is 5.19. The Hall–Kier alpha value is -2.64. The first-order valence-electron chi connectivity index (χ1n) is 9.99. The molecule has 1 aromatic rings. The standard InChI is InChI=1S/C20H26N4O4/c1-28-19-13(10-21-17(25)12-23-8-4-7-18(23)26)9-15-16(22-19)11-24(20(15)27)14-5-2-3-6-14/h9,14H,2-8,10-12H2,1H3,(H,21,25). The van der Waals surface area contributed by atoms with Crippen molar-refractivity contribution in [3.63, 3.8) is 0 Å². The summed E-state index contributed by atoms with van der Waals surface area (Å²) in [5, 5.41) is 2.82. The summed E-state index contributed by atoms with van der Waals surface area (Å²) in [7, 11) is 1.54. The van der Waals surface area contributed by atoms with Crippen LogP contribution in [-0.2, 0) is 22.7 Å². The number of pyridine rings is 1. The number of nitrogens with one attached hydrogen (secondary N) is 1. The average molecular weight is 386 g/mol. The summed E-state index contributed by atoms with van der Waals surface area (Å²) >= 11 is 0. The summed E-state index contributed by atoms with van der Waals surface area (Å²) in [5.74, 6) is 0.242. The van der Waals surface area contributed by atoms with E-state index in [1.807, 2.05) is 4.90 Å². The lowest BCUT2D eigenvalue weighted by Crippen LogP contribution is -2.37. The quantitative estimate of drug-likeness (QED) is 0.794. The Morgan fingerprint density at radius 1 is 1.29 bits per heavy atom. The second-order valence-corrected chi connectivity index (χ2v) is 7.72. The molecule has 0 atom stereocenters. The highest BCUT2D eigenvalue weighted by Gasteiger charge is 2.36. The van der Waals surface area contributed by atoms with Gasteiger partial charge in [0, 0.05) is 31.1 Å². The molecular formula is C20H26N4O4. The van der Waals surface area contributed by atoms with E-state index in [0.717, 1.165) is 25.0 Å². The van der Waals surface area contributed by atoms with E-state index >= 15 is 0 Å². The van der Waals surface area contributed by atoms with Crippen LogP contribution in [0.15, 0.2) is 6.07 Å². The molecule has 3 amide bonds. The van der Waals surface area contributed by atoms with Crippen molar-refractivity contribution < 1.29 is 19.1 Å². The van der Waals surface area contributed by atoms with Gasteiger partial charge in [-0.15, -0.1) is 0 Å². The smallest absolute Gasteiger partial charge is 0.256 e. The Morgan fingerprint density at radius 2 is 2.07 bits per heavy atom. The van der Waals surface area contributed by atoms with Gasteiger partial charge in [-0.3, -0.25) is 14.4 Å². The Morgan fingerprint density at radius 3 is 2.75 bits per heavy atom. The van der Waals surface area contributed by atoms with Gasteiger partial charge in [0.2, 0.25) is 17.7 Å². The van der Waals surface area contributed by atoms with Gasteiger partial charge in [0.05, 0.1) is 31.5 Å². The second-order valence-electron chi connectivity index (χ2n) is 7.72. The molecule has 150 valence electrons. The monoisotopic (exact) mass is 386 g/mol. The van der Waals surface area contributed by atoms with Crippen LogP contribution in [0, 0.1) is 0 Å². The molecule has 0 bridgehead atoms. The zero-order chi connectivity index (χ0) is 19.7. The summed E-state index contributed by atoms with van der Waals surface area (Å²) < 4.78 is 5.39. The predicted molar refractivity (Wildman–Crippen MR) is 101 cm³/mol. The number of fused-ring (bicyclic) bond motifs is 1. The van der Waals surface area contributed by atoms with Crippen molar-refractivity contribution in [2.45, 2.75) is 57.7 Å². The SMILES string of the molecule is COc1nc2c(cc1CNC(=O)CN1CCCC1=O)C(=O)N(C1CCCC1)C2. The molecule has 2 aliphatic heterocycles. The Balaban J connectivity index is 1.44. The van der Waals surface area contributed by atoms with Crippen LogP contribution in [0.4, 0.5) is 0 Å². The molecule has 1 aliphatic carbocycles. The fourth-order valence-electron chi connectivity index (χ4n) is 4.38. The largest absolute Gasteiger partial charge is 0.481 e. The molecule has 0 radical (unpaired) electrons. The van der Waals surface area contributed by atoms with E-state index in [0.29, 0.717) is 42.6 Å². The van der Waals surface area contributed by atoms with E-state index < -0.39 is 0 Å². The van der Waals surface area contributed by atoms with E-state index in [9.17, 15) is 14.4 Å². The molecule has 1 saturated heterocycles. The lowest BCUT2D eigenvalue weighted by molar-refractivity contribution is -0.133. The normalized spacial score (nSPS) is 19.5. The summed E-state index contributed by atoms with van der Waals surface area (Å²) in [4.78, 5) is 44.7. The van der Waals surface area contributed by atoms with E-state index in [-0.39, 0.29) is 30.8 Å². The van der Waals surface area contributed by atoms with E-state index in [4.69, 9.17) is 4.74 Å². The molecule has 0 aromatic carbocycles. The number of hydrogen-bond donors (Lipinski definition) is 1. The van der Waals surface area contributed by atoms with Crippen molar-refractivity contribution in [3.8, 4) is 5.88 Å². The van der Waals surface area contributed by atoms with Crippen LogP contribution in [0.25, 0.3) is 0 Å². The van der Waals surface area contributed by atoms with Gasteiger partial charge in [0.25, 0.3) is 5.91 Å². The minimum Gasteiger partial charge on any atom is -0.481 e. The van der Waals surface area contributed by atoms with Crippen molar-refractivity contribution in [1.82, 2.24) is 20.1 Å². The number of nitrogens with zero attached hydrogens (tertiary/aromatic N) is 3. The molecule has 1 saturated carbocycles. The number of methoxy groups -OCH3 is 1. The molecule has 28 heavy (non-hydrogen) atoms. The molecule has 3 heterocycles. The fourth-order valence-corrected chi connectivity index (χ4v) is 4.38. The number of likely N-dealkylation sites (tertiary alicyclic amines) is 1. The van der Waals surface area contributed by atoms with Gasteiger partial charge in [-0.05, 0) is 25.3 Å². The lowest BCUT2D eigenvalue weighted by Gasteiger charge is -2.22. The van der Waals surface area contributed by atoms with Crippen LogP contribution in [0.5, 0.6) is 5.88 Å². The third-order valence-electron chi connectivity index (χ3n) is 5.89. The highest BCUT2D eigenvalue weighted by Crippen LogP contribution is 2.33. The average Bonchev–Trinajstić information content (AvgIpc) is 3.41. The molecule has 3 aliphatic rings. The molecule has 0 spiro atoms. The van der Waals surface area contributed by atoms with Gasteiger partial charge < -0.3 is 19.9 Å². The Bertz CT molecular complexity index is 804. The van der Waals surface area contributed by atoms with Gasteiger partial charge in [0.1, 0.15) is 0 Å². The summed E-state index contributed by atoms with van der Waals surface area (Å²) in [6, 6.07) is 2.09. The van der Waals surface area contributed by atoms with Crippen LogP contribution in [-0.4, -0.2) is 58.7 Å². The van der Waals surface area contributed by atoms with E-state index in [1.54, 1.807) is 11.0 Å². The molecule has 1 N–H and O–H groups in total. The van der Waals surface area contributed by atoms with Gasteiger partial charge in [-0.25, -0.2) is 4.98 Å². The first kappa shape index (κ1) is 18.7. The van der Waals surface area contributed by atoms with Crippen molar-refractivity contribution in [2.75, 3.05) is 20.2 Å². The van der Waals surface area contributed by atoms with Crippen molar-refractivity contribution in [2.24, 2.45) is 0 Å². The highest BCUT2D eigenvalue weighted by molar-refractivity contribution is 5.98.